The average molecular weight is 203 g/mol. The van der Waals surface area contributed by atoms with Crippen molar-refractivity contribution >= 4 is 45.6 Å². The maximum absolute atomic E-state index is 8.88. The molecule has 0 spiro atoms. The molecule has 0 rings (SSSR count). The molecule has 0 bridgehead atoms. The van der Waals surface area contributed by atoms with Crippen molar-refractivity contribution in [1.82, 2.24) is 0 Å². The molecule has 0 amide bonds. The molecule has 0 atom stereocenters. The average Bonchev–Trinajstić information content (AvgIpc) is 0.722. The normalized spacial score (nSPS) is 8.43. The molecule has 0 radical (unpaired) electrons. The minimum atomic E-state index is -4.64. The van der Waals surface area contributed by atoms with Gasteiger partial charge in [-0.1, -0.05) is 0 Å². The molecule has 0 saturated carbocycles. The second kappa shape index (κ2) is 6.12. The van der Waals surface area contributed by atoms with Crippen LogP contribution in [0.1, 0.15) is 0 Å². The summed E-state index contributed by atoms with van der Waals surface area (Å²) in [6.45, 7) is 0. The summed E-state index contributed by atoms with van der Waals surface area (Å²) in [4.78, 5) is 21.6. The molecule has 3 N–H and O–H groups in total. The Labute approximate surface area is 83.3 Å². The standard InChI is InChI=1S/Ca.H3O4P.Zn/c;1-5(2,3)4;/h;(H3,1,2,3,4);/q+2;;+2. The number of rotatable bonds is 0. The van der Waals surface area contributed by atoms with Gasteiger partial charge in [0.1, 0.15) is 0 Å². The fourth-order valence-electron chi connectivity index (χ4n) is 0. The third-order valence-corrected chi connectivity index (χ3v) is 0. The van der Waals surface area contributed by atoms with Gasteiger partial charge in [0, 0.05) is 0 Å². The van der Waals surface area contributed by atoms with Crippen molar-refractivity contribution in [2.75, 3.05) is 0 Å². The third-order valence-electron chi connectivity index (χ3n) is 0. The van der Waals surface area contributed by atoms with Crippen LogP contribution < -0.4 is 0 Å². The third kappa shape index (κ3) is 72.3. The van der Waals surface area contributed by atoms with E-state index in [0.29, 0.717) is 0 Å². The molecule has 0 fully saturated rings. The Morgan fingerprint density at radius 3 is 1.14 bits per heavy atom. The predicted octanol–water partition coefficient (Wildman–Crippen LogP) is -1.31. The molecule has 32 valence electrons. The Kier molecular flexibility index (Phi) is 14.0. The SMILES string of the molecule is O=P(O)(O)O.[Ca+2].[Zn+2]. The summed E-state index contributed by atoms with van der Waals surface area (Å²) >= 11 is 0. The Bertz CT molecular complexity index is 57.8. The monoisotopic (exact) mass is 202 g/mol. The van der Waals surface area contributed by atoms with E-state index in [1.807, 2.05) is 0 Å². The van der Waals surface area contributed by atoms with Crippen molar-refractivity contribution in [2.45, 2.75) is 0 Å². The number of hydrogen-bond donors (Lipinski definition) is 3. The Morgan fingerprint density at radius 1 is 1.14 bits per heavy atom. The quantitative estimate of drug-likeness (QED) is 0.337. The van der Waals surface area contributed by atoms with E-state index in [-0.39, 0.29) is 57.2 Å². The molecule has 0 aromatic heterocycles. The van der Waals surface area contributed by atoms with Crippen LogP contribution in [0.5, 0.6) is 0 Å². The summed E-state index contributed by atoms with van der Waals surface area (Å²) < 4.78 is 8.88. The molecule has 4 nitrogen and oxygen atoms in total. The number of hydrogen-bond acceptors (Lipinski definition) is 1. The first kappa shape index (κ1) is 16.0. The fourth-order valence-corrected chi connectivity index (χ4v) is 0. The van der Waals surface area contributed by atoms with Crippen molar-refractivity contribution in [3.63, 3.8) is 0 Å². The van der Waals surface area contributed by atoms with Gasteiger partial charge in [-0.25, -0.2) is 4.57 Å². The Hall–Kier alpha value is 1.99. The minimum absolute atomic E-state index is 0. The topological polar surface area (TPSA) is 77.8 Å². The van der Waals surface area contributed by atoms with Crippen LogP contribution in [0.15, 0.2) is 0 Å². The van der Waals surface area contributed by atoms with Crippen molar-refractivity contribution in [2.24, 2.45) is 0 Å². The first-order valence-corrected chi connectivity index (χ1v) is 2.35. The molecule has 0 saturated heterocycles. The molecule has 0 aliphatic heterocycles. The summed E-state index contributed by atoms with van der Waals surface area (Å²) in [6.07, 6.45) is 0. The zero-order valence-corrected chi connectivity index (χ0v) is 9.68. The van der Waals surface area contributed by atoms with E-state index in [2.05, 4.69) is 0 Å². The van der Waals surface area contributed by atoms with Crippen LogP contribution in [0.25, 0.3) is 0 Å². The molecule has 0 heterocycles. The van der Waals surface area contributed by atoms with Crippen LogP contribution >= 0.6 is 7.82 Å². The van der Waals surface area contributed by atoms with Gasteiger partial charge in [-0.15, -0.1) is 0 Å². The van der Waals surface area contributed by atoms with Crippen molar-refractivity contribution in [3.05, 3.63) is 0 Å². The predicted molar refractivity (Wildman–Crippen MR) is 20.0 cm³/mol. The molecule has 0 unspecified atom stereocenters. The second-order valence-corrected chi connectivity index (χ2v) is 1.54. The van der Waals surface area contributed by atoms with Gasteiger partial charge in [0.25, 0.3) is 0 Å². The maximum atomic E-state index is 8.88. The maximum Gasteiger partial charge on any atom is 2.00 e. The first-order valence-electron chi connectivity index (χ1n) is 0.783. The van der Waals surface area contributed by atoms with Crippen LogP contribution in [0, 0.1) is 0 Å². The van der Waals surface area contributed by atoms with Gasteiger partial charge in [0.05, 0.1) is 0 Å². The van der Waals surface area contributed by atoms with Crippen LogP contribution in [0.3, 0.4) is 0 Å². The van der Waals surface area contributed by atoms with E-state index in [9.17, 15) is 0 Å². The van der Waals surface area contributed by atoms with Gasteiger partial charge in [-0.2, -0.15) is 0 Å². The fraction of sp³-hybridized carbons (Fsp3) is 0. The molecule has 0 aromatic carbocycles. The molecule has 0 aliphatic carbocycles. The summed E-state index contributed by atoms with van der Waals surface area (Å²) in [7, 11) is -4.64. The molecule has 7 heavy (non-hydrogen) atoms. The van der Waals surface area contributed by atoms with Gasteiger partial charge < -0.3 is 14.7 Å². The summed E-state index contributed by atoms with van der Waals surface area (Å²) in [5.41, 5.74) is 0. The number of phosphoric acid groups is 1. The van der Waals surface area contributed by atoms with Gasteiger partial charge in [0.2, 0.25) is 0 Å². The van der Waals surface area contributed by atoms with E-state index in [4.69, 9.17) is 19.2 Å². The molecule has 7 heteroatoms. The van der Waals surface area contributed by atoms with Crippen molar-refractivity contribution in [3.8, 4) is 0 Å². The Balaban J connectivity index is -0.0000000800. The summed E-state index contributed by atoms with van der Waals surface area (Å²) in [6, 6.07) is 0. The van der Waals surface area contributed by atoms with Crippen LogP contribution in [-0.4, -0.2) is 52.4 Å². The van der Waals surface area contributed by atoms with Crippen LogP contribution in [0.4, 0.5) is 0 Å². The molecule has 0 aliphatic rings. The van der Waals surface area contributed by atoms with Gasteiger partial charge in [-0.05, 0) is 0 Å². The second-order valence-electron chi connectivity index (χ2n) is 0.513. The van der Waals surface area contributed by atoms with E-state index in [1.54, 1.807) is 0 Å². The molecular weight excluding hydrogens is 200 g/mol. The van der Waals surface area contributed by atoms with Gasteiger partial charge in [-0.3, -0.25) is 0 Å². The van der Waals surface area contributed by atoms with E-state index < -0.39 is 7.82 Å². The van der Waals surface area contributed by atoms with Crippen molar-refractivity contribution in [1.29, 1.82) is 0 Å². The largest absolute Gasteiger partial charge is 2.00 e. The first-order chi connectivity index (χ1) is 2.00. The van der Waals surface area contributed by atoms with Crippen LogP contribution in [-0.2, 0) is 24.0 Å². The zero-order valence-electron chi connectivity index (χ0n) is 3.61. The van der Waals surface area contributed by atoms with Gasteiger partial charge >= 0.3 is 65.0 Å². The summed E-state index contributed by atoms with van der Waals surface area (Å²) in [5, 5.41) is 0. The molecule has 0 aromatic rings. The molecular formula is H3CaO4PZn+4. The van der Waals surface area contributed by atoms with Gasteiger partial charge in [0.15, 0.2) is 0 Å². The van der Waals surface area contributed by atoms with Crippen LogP contribution in [0.2, 0.25) is 0 Å². The smallest absolute Gasteiger partial charge is 0.303 e. The van der Waals surface area contributed by atoms with Crippen molar-refractivity contribution < 1.29 is 38.7 Å². The van der Waals surface area contributed by atoms with E-state index >= 15 is 0 Å². The van der Waals surface area contributed by atoms with E-state index in [1.165, 1.54) is 0 Å². The van der Waals surface area contributed by atoms with E-state index in [0.717, 1.165) is 0 Å². The summed E-state index contributed by atoms with van der Waals surface area (Å²) in [5.74, 6) is 0. The Morgan fingerprint density at radius 2 is 1.14 bits per heavy atom. The zero-order chi connectivity index (χ0) is 4.50. The minimum Gasteiger partial charge on any atom is -0.303 e.